The van der Waals surface area contributed by atoms with Crippen molar-refractivity contribution in [3.05, 3.63) is 29.6 Å². The van der Waals surface area contributed by atoms with Crippen molar-refractivity contribution in [3.8, 4) is 5.75 Å². The van der Waals surface area contributed by atoms with Gasteiger partial charge in [-0.1, -0.05) is 6.07 Å². The minimum absolute atomic E-state index is 0.240. The first kappa shape index (κ1) is 13.0. The molecule has 0 bridgehead atoms. The molecule has 0 unspecified atom stereocenters. The predicted octanol–water partition coefficient (Wildman–Crippen LogP) is 2.90. The van der Waals surface area contributed by atoms with E-state index in [0.717, 1.165) is 31.4 Å². The van der Waals surface area contributed by atoms with Crippen LogP contribution in [0.4, 0.5) is 4.39 Å². The molecule has 0 saturated heterocycles. The second-order valence-corrected chi connectivity index (χ2v) is 3.92. The molecule has 90 valence electrons. The molecular weight excluding hydrogens is 205 g/mol. The molecule has 0 saturated carbocycles. The van der Waals surface area contributed by atoms with Crippen molar-refractivity contribution in [2.45, 2.75) is 26.2 Å². The highest BCUT2D eigenvalue weighted by Crippen LogP contribution is 2.18. The maximum atomic E-state index is 12.9. The maximum absolute atomic E-state index is 12.9. The fraction of sp³-hybridized carbons (Fsp3) is 0.538. The van der Waals surface area contributed by atoms with Crippen molar-refractivity contribution >= 4 is 0 Å². The molecule has 1 rings (SSSR count). The Balaban J connectivity index is 2.23. The van der Waals surface area contributed by atoms with Gasteiger partial charge in [-0.2, -0.15) is 0 Å². The fourth-order valence-corrected chi connectivity index (χ4v) is 1.49. The molecule has 1 aromatic carbocycles. The number of ether oxygens (including phenoxy) is 1. The molecule has 0 atom stereocenters. The van der Waals surface area contributed by atoms with Gasteiger partial charge in [0, 0.05) is 6.07 Å². The summed E-state index contributed by atoms with van der Waals surface area (Å²) in [7, 11) is 1.95. The van der Waals surface area contributed by atoms with Gasteiger partial charge in [0.25, 0.3) is 0 Å². The lowest BCUT2D eigenvalue weighted by Gasteiger charge is -2.08. The Bertz CT molecular complexity index is 315. The zero-order chi connectivity index (χ0) is 11.8. The summed E-state index contributed by atoms with van der Waals surface area (Å²) in [4.78, 5) is 0. The van der Waals surface area contributed by atoms with E-state index in [4.69, 9.17) is 4.74 Å². The number of hydrogen-bond donors (Lipinski definition) is 1. The van der Waals surface area contributed by atoms with Crippen LogP contribution >= 0.6 is 0 Å². The fourth-order valence-electron chi connectivity index (χ4n) is 1.49. The zero-order valence-electron chi connectivity index (χ0n) is 10.1. The topological polar surface area (TPSA) is 21.3 Å². The van der Waals surface area contributed by atoms with Crippen molar-refractivity contribution in [2.75, 3.05) is 20.2 Å². The third-order valence-electron chi connectivity index (χ3n) is 2.48. The Kier molecular flexibility index (Phi) is 5.86. The molecule has 0 fully saturated rings. The summed E-state index contributed by atoms with van der Waals surface area (Å²) in [5, 5.41) is 3.10. The number of hydrogen-bond acceptors (Lipinski definition) is 2. The second kappa shape index (κ2) is 7.23. The van der Waals surface area contributed by atoms with Gasteiger partial charge in [0.1, 0.15) is 11.6 Å². The predicted molar refractivity (Wildman–Crippen MR) is 64.4 cm³/mol. The van der Waals surface area contributed by atoms with Crippen molar-refractivity contribution in [1.29, 1.82) is 0 Å². The monoisotopic (exact) mass is 225 g/mol. The highest BCUT2D eigenvalue weighted by molar-refractivity contribution is 5.32. The Labute approximate surface area is 96.8 Å². The largest absolute Gasteiger partial charge is 0.493 e. The highest BCUT2D eigenvalue weighted by atomic mass is 19.1. The zero-order valence-corrected chi connectivity index (χ0v) is 10.1. The molecule has 0 spiro atoms. The number of nitrogens with one attached hydrogen (secondary N) is 1. The van der Waals surface area contributed by atoms with Gasteiger partial charge in [-0.3, -0.25) is 0 Å². The lowest BCUT2D eigenvalue weighted by atomic mass is 10.2. The van der Waals surface area contributed by atoms with E-state index in [1.807, 2.05) is 14.0 Å². The van der Waals surface area contributed by atoms with Crippen molar-refractivity contribution in [2.24, 2.45) is 0 Å². The molecule has 0 aromatic heterocycles. The molecule has 0 aliphatic rings. The van der Waals surface area contributed by atoms with E-state index >= 15 is 0 Å². The molecule has 0 amide bonds. The standard InChI is InChI=1S/C13H20FNO/c1-11-6-7-12(14)10-13(11)16-9-5-3-4-8-15-2/h6-7,10,15H,3-5,8-9H2,1-2H3. The van der Waals surface area contributed by atoms with Gasteiger partial charge in [0.2, 0.25) is 0 Å². The Morgan fingerprint density at radius 3 is 2.81 bits per heavy atom. The molecule has 16 heavy (non-hydrogen) atoms. The lowest BCUT2D eigenvalue weighted by molar-refractivity contribution is 0.301. The third-order valence-corrected chi connectivity index (χ3v) is 2.48. The summed E-state index contributed by atoms with van der Waals surface area (Å²) in [6, 6.07) is 4.64. The van der Waals surface area contributed by atoms with Crippen molar-refractivity contribution in [1.82, 2.24) is 5.32 Å². The normalized spacial score (nSPS) is 10.4. The van der Waals surface area contributed by atoms with Crippen LogP contribution in [0.1, 0.15) is 24.8 Å². The number of benzene rings is 1. The molecule has 1 N–H and O–H groups in total. The number of halogens is 1. The first-order valence-electron chi connectivity index (χ1n) is 5.77. The van der Waals surface area contributed by atoms with Gasteiger partial charge in [-0.15, -0.1) is 0 Å². The van der Waals surface area contributed by atoms with Crippen LogP contribution in [0.25, 0.3) is 0 Å². The number of rotatable bonds is 7. The summed E-state index contributed by atoms with van der Waals surface area (Å²) >= 11 is 0. The van der Waals surface area contributed by atoms with Crippen LogP contribution < -0.4 is 10.1 Å². The van der Waals surface area contributed by atoms with E-state index < -0.39 is 0 Å². The third kappa shape index (κ3) is 4.62. The maximum Gasteiger partial charge on any atom is 0.126 e. The molecule has 0 heterocycles. The molecular formula is C13H20FNO. The Morgan fingerprint density at radius 2 is 2.06 bits per heavy atom. The smallest absolute Gasteiger partial charge is 0.126 e. The minimum atomic E-state index is -0.240. The molecule has 0 aliphatic carbocycles. The number of unbranched alkanes of at least 4 members (excludes halogenated alkanes) is 2. The van der Waals surface area contributed by atoms with E-state index in [0.29, 0.717) is 12.4 Å². The first-order chi connectivity index (χ1) is 7.74. The van der Waals surface area contributed by atoms with Gasteiger partial charge in [0.15, 0.2) is 0 Å². The average Bonchev–Trinajstić information content (AvgIpc) is 2.28. The van der Waals surface area contributed by atoms with Crippen LogP contribution in [-0.4, -0.2) is 20.2 Å². The van der Waals surface area contributed by atoms with Crippen LogP contribution in [0, 0.1) is 12.7 Å². The Hall–Kier alpha value is -1.09. The van der Waals surface area contributed by atoms with E-state index in [1.165, 1.54) is 12.1 Å². The quantitative estimate of drug-likeness (QED) is 0.720. The SMILES string of the molecule is CNCCCCCOc1cc(F)ccc1C. The van der Waals surface area contributed by atoms with E-state index in [2.05, 4.69) is 5.32 Å². The summed E-state index contributed by atoms with van der Waals surface area (Å²) in [6.07, 6.45) is 3.30. The van der Waals surface area contributed by atoms with Gasteiger partial charge in [-0.25, -0.2) is 4.39 Å². The van der Waals surface area contributed by atoms with E-state index in [9.17, 15) is 4.39 Å². The number of aryl methyl sites for hydroxylation is 1. The van der Waals surface area contributed by atoms with Gasteiger partial charge >= 0.3 is 0 Å². The van der Waals surface area contributed by atoms with Crippen LogP contribution in [-0.2, 0) is 0 Å². The molecule has 3 heteroatoms. The molecule has 1 aromatic rings. The molecule has 0 radical (unpaired) electrons. The summed E-state index contributed by atoms with van der Waals surface area (Å²) in [5.74, 6) is 0.421. The van der Waals surface area contributed by atoms with Crippen LogP contribution in [0.15, 0.2) is 18.2 Å². The second-order valence-electron chi connectivity index (χ2n) is 3.92. The van der Waals surface area contributed by atoms with Gasteiger partial charge in [-0.05, 0) is 51.4 Å². The van der Waals surface area contributed by atoms with Gasteiger partial charge in [0.05, 0.1) is 6.61 Å². The summed E-state index contributed by atoms with van der Waals surface area (Å²) in [5.41, 5.74) is 0.983. The van der Waals surface area contributed by atoms with Crippen LogP contribution in [0.5, 0.6) is 5.75 Å². The lowest BCUT2D eigenvalue weighted by Crippen LogP contribution is -2.08. The van der Waals surface area contributed by atoms with Gasteiger partial charge < -0.3 is 10.1 Å². The van der Waals surface area contributed by atoms with Crippen molar-refractivity contribution < 1.29 is 9.13 Å². The van der Waals surface area contributed by atoms with Crippen LogP contribution in [0.2, 0.25) is 0 Å². The molecule has 0 aliphatic heterocycles. The summed E-state index contributed by atoms with van der Waals surface area (Å²) in [6.45, 7) is 3.63. The van der Waals surface area contributed by atoms with E-state index in [1.54, 1.807) is 6.07 Å². The Morgan fingerprint density at radius 1 is 1.25 bits per heavy atom. The minimum Gasteiger partial charge on any atom is -0.493 e. The summed E-state index contributed by atoms with van der Waals surface area (Å²) < 4.78 is 18.5. The highest BCUT2D eigenvalue weighted by Gasteiger charge is 2.00. The average molecular weight is 225 g/mol. The van der Waals surface area contributed by atoms with Crippen molar-refractivity contribution in [3.63, 3.8) is 0 Å². The van der Waals surface area contributed by atoms with Crippen LogP contribution in [0.3, 0.4) is 0 Å². The van der Waals surface area contributed by atoms with E-state index in [-0.39, 0.29) is 5.82 Å². The first-order valence-corrected chi connectivity index (χ1v) is 5.77. The molecule has 2 nitrogen and oxygen atoms in total.